The van der Waals surface area contributed by atoms with Crippen LogP contribution in [0, 0.1) is 4.91 Å². The van der Waals surface area contributed by atoms with Crippen LogP contribution in [-0.2, 0) is 17.8 Å². The second-order valence-electron chi connectivity index (χ2n) is 11.8. The number of carbonyl (C=O) groups is 1. The lowest BCUT2D eigenvalue weighted by atomic mass is 10.0. The summed E-state index contributed by atoms with van der Waals surface area (Å²) >= 11 is 0. The van der Waals surface area contributed by atoms with Crippen LogP contribution in [0.25, 0.3) is 10.8 Å². The maximum atomic E-state index is 12.2. The van der Waals surface area contributed by atoms with E-state index in [-0.39, 0.29) is 17.5 Å². The molecule has 1 amide bonds. The first-order valence-corrected chi connectivity index (χ1v) is 14.4. The number of rotatable bonds is 7. The van der Waals surface area contributed by atoms with Crippen LogP contribution in [0.4, 0.5) is 17.2 Å². The molecule has 0 saturated carbocycles. The van der Waals surface area contributed by atoms with Crippen molar-refractivity contribution in [2.75, 3.05) is 49.1 Å². The number of fused-ring (bicyclic) bond motifs is 2. The fourth-order valence-electron chi connectivity index (χ4n) is 6.31. The number of aromatic nitrogens is 2. The molecule has 2 fully saturated rings. The average Bonchev–Trinajstić information content (AvgIpc) is 3.36. The van der Waals surface area contributed by atoms with Gasteiger partial charge in [-0.15, -0.1) is 4.91 Å². The first-order chi connectivity index (χ1) is 19.8. The lowest BCUT2D eigenvalue weighted by molar-refractivity contribution is -0.126. The minimum atomic E-state index is -0.0414. The van der Waals surface area contributed by atoms with Gasteiger partial charge in [0.15, 0.2) is 0 Å². The highest BCUT2D eigenvalue weighted by atomic mass is 16.5. The van der Waals surface area contributed by atoms with E-state index in [1.54, 1.807) is 0 Å². The Morgan fingerprint density at radius 3 is 2.68 bits per heavy atom. The number of carbonyl (C=O) groups excluding carboxylic acids is 1. The highest BCUT2D eigenvalue weighted by Crippen LogP contribution is 2.37. The monoisotopic (exact) mass is 555 g/mol. The summed E-state index contributed by atoms with van der Waals surface area (Å²) < 4.78 is 6.24. The molecule has 2 saturated heterocycles. The van der Waals surface area contributed by atoms with Crippen LogP contribution in [0.5, 0.6) is 6.01 Å². The molecular formula is C31H37N7O3. The van der Waals surface area contributed by atoms with Crippen molar-refractivity contribution in [1.29, 1.82) is 0 Å². The van der Waals surface area contributed by atoms with Gasteiger partial charge in [0.05, 0.1) is 12.2 Å². The maximum Gasteiger partial charge on any atom is 0.318 e. The fraction of sp³-hybridized carbons (Fsp3) is 0.452. The van der Waals surface area contributed by atoms with E-state index in [4.69, 9.17) is 14.7 Å². The first-order valence-electron chi connectivity index (χ1n) is 14.4. The molecule has 41 heavy (non-hydrogen) atoms. The molecule has 0 spiro atoms. The SMILES string of the molecule is C=CC(=O)N1CCN(c2nc(OCC3CCC(C)(C)N3)nc3c2CCN(c2cc(N=O)cc4ccccc24)C3)CC1. The number of nitrogens with zero attached hydrogens (tertiary/aromatic N) is 6. The van der Waals surface area contributed by atoms with E-state index in [1.807, 2.05) is 35.2 Å². The highest BCUT2D eigenvalue weighted by Gasteiger charge is 2.32. The summed E-state index contributed by atoms with van der Waals surface area (Å²) in [5.41, 5.74) is 3.53. The molecule has 10 heteroatoms. The van der Waals surface area contributed by atoms with Gasteiger partial charge in [-0.2, -0.15) is 9.97 Å². The summed E-state index contributed by atoms with van der Waals surface area (Å²) in [6, 6.07) is 12.4. The van der Waals surface area contributed by atoms with E-state index < -0.39 is 0 Å². The molecule has 214 valence electrons. The van der Waals surface area contributed by atoms with E-state index >= 15 is 0 Å². The zero-order chi connectivity index (χ0) is 28.6. The van der Waals surface area contributed by atoms with Gasteiger partial charge < -0.3 is 24.8 Å². The largest absolute Gasteiger partial charge is 0.462 e. The molecule has 0 aliphatic carbocycles. The van der Waals surface area contributed by atoms with Crippen molar-refractivity contribution in [2.45, 2.75) is 51.2 Å². The van der Waals surface area contributed by atoms with E-state index in [1.165, 1.54) is 6.08 Å². The molecule has 2 aromatic carbocycles. The number of ether oxygens (including phenoxy) is 1. The fourth-order valence-corrected chi connectivity index (χ4v) is 6.31. The van der Waals surface area contributed by atoms with Crippen LogP contribution in [0.3, 0.4) is 0 Å². The average molecular weight is 556 g/mol. The minimum absolute atomic E-state index is 0.0414. The Bertz CT molecular complexity index is 1480. The molecule has 3 aromatic rings. The van der Waals surface area contributed by atoms with Crippen LogP contribution in [0.2, 0.25) is 0 Å². The number of anilines is 2. The lowest BCUT2D eigenvalue weighted by Gasteiger charge is -2.38. The number of piperazine rings is 1. The smallest absolute Gasteiger partial charge is 0.318 e. The molecule has 3 aliphatic heterocycles. The first kappa shape index (κ1) is 27.1. The molecule has 3 aliphatic rings. The third-order valence-electron chi connectivity index (χ3n) is 8.49. The van der Waals surface area contributed by atoms with Crippen molar-refractivity contribution in [3.05, 3.63) is 65.2 Å². The van der Waals surface area contributed by atoms with E-state index in [2.05, 4.69) is 46.8 Å². The van der Waals surface area contributed by atoms with Gasteiger partial charge in [0.2, 0.25) is 5.91 Å². The summed E-state index contributed by atoms with van der Waals surface area (Å²) in [5, 5.41) is 8.94. The highest BCUT2D eigenvalue weighted by molar-refractivity contribution is 5.97. The third kappa shape index (κ3) is 5.61. The molecule has 4 heterocycles. The Hall–Kier alpha value is -4.05. The maximum absolute atomic E-state index is 12.2. The van der Waals surface area contributed by atoms with Gasteiger partial charge in [-0.25, -0.2) is 0 Å². The standard InChI is InChI=1S/C31H37N7O3/c1-4-28(39)36-13-15-37(16-14-36)29-25-10-12-38(27-18-23(35-40)17-21-7-5-6-8-24(21)27)19-26(25)32-30(33-29)41-20-22-9-11-31(2,3)34-22/h4-8,17-18,22,34H,1,9-16,19-20H2,2-3H3. The third-order valence-corrected chi connectivity index (χ3v) is 8.49. The lowest BCUT2D eigenvalue weighted by Crippen LogP contribution is -2.49. The number of benzene rings is 2. The molecule has 10 nitrogen and oxygen atoms in total. The molecule has 0 radical (unpaired) electrons. The second kappa shape index (κ2) is 11.1. The van der Waals surface area contributed by atoms with Crippen LogP contribution in [0.1, 0.15) is 37.9 Å². The molecule has 1 N–H and O–H groups in total. The molecule has 0 bridgehead atoms. The minimum Gasteiger partial charge on any atom is -0.462 e. The number of nitroso groups, excluding NO2 is 1. The van der Waals surface area contributed by atoms with Crippen LogP contribution >= 0.6 is 0 Å². The van der Waals surface area contributed by atoms with Crippen LogP contribution < -0.4 is 19.9 Å². The van der Waals surface area contributed by atoms with Gasteiger partial charge >= 0.3 is 6.01 Å². The topological polar surface area (TPSA) is 103 Å². The van der Waals surface area contributed by atoms with Crippen molar-refractivity contribution in [3.8, 4) is 6.01 Å². The summed E-state index contributed by atoms with van der Waals surface area (Å²) in [7, 11) is 0. The van der Waals surface area contributed by atoms with Gasteiger partial charge in [0, 0.05) is 60.9 Å². The molecule has 1 unspecified atom stereocenters. The summed E-state index contributed by atoms with van der Waals surface area (Å²) in [6.45, 7) is 12.5. The summed E-state index contributed by atoms with van der Waals surface area (Å²) in [6.07, 6.45) is 4.27. The van der Waals surface area contributed by atoms with Gasteiger partial charge in [-0.3, -0.25) is 4.79 Å². The van der Waals surface area contributed by atoms with Crippen molar-refractivity contribution in [3.63, 3.8) is 0 Å². The van der Waals surface area contributed by atoms with E-state index in [0.29, 0.717) is 51.0 Å². The van der Waals surface area contributed by atoms with Crippen molar-refractivity contribution < 1.29 is 9.53 Å². The second-order valence-corrected chi connectivity index (χ2v) is 11.8. The molecular weight excluding hydrogens is 518 g/mol. The Morgan fingerprint density at radius 1 is 1.15 bits per heavy atom. The van der Waals surface area contributed by atoms with Crippen molar-refractivity contribution in [2.24, 2.45) is 5.18 Å². The van der Waals surface area contributed by atoms with Crippen LogP contribution in [0.15, 0.2) is 54.2 Å². The number of amides is 1. The van der Waals surface area contributed by atoms with E-state index in [0.717, 1.165) is 59.3 Å². The van der Waals surface area contributed by atoms with Crippen LogP contribution in [-0.4, -0.2) is 71.7 Å². The number of hydrogen-bond acceptors (Lipinski definition) is 9. The van der Waals surface area contributed by atoms with Gasteiger partial charge in [-0.05, 0) is 61.9 Å². The predicted octanol–water partition coefficient (Wildman–Crippen LogP) is 4.33. The number of nitrogens with one attached hydrogen (secondary N) is 1. The summed E-state index contributed by atoms with van der Waals surface area (Å²) in [4.78, 5) is 39.9. The normalized spacial score (nSPS) is 20.1. The Kier molecular flexibility index (Phi) is 7.33. The van der Waals surface area contributed by atoms with Crippen molar-refractivity contribution >= 4 is 33.9 Å². The van der Waals surface area contributed by atoms with E-state index in [9.17, 15) is 9.70 Å². The van der Waals surface area contributed by atoms with Crippen molar-refractivity contribution in [1.82, 2.24) is 20.2 Å². The number of hydrogen-bond donors (Lipinski definition) is 1. The quantitative estimate of drug-likeness (QED) is 0.339. The molecule has 1 atom stereocenters. The molecule has 1 aromatic heterocycles. The predicted molar refractivity (Wildman–Crippen MR) is 161 cm³/mol. The molecule has 6 rings (SSSR count). The Morgan fingerprint density at radius 2 is 1.95 bits per heavy atom. The van der Waals surface area contributed by atoms with Gasteiger partial charge in [0.25, 0.3) is 0 Å². The zero-order valence-electron chi connectivity index (χ0n) is 23.8. The zero-order valence-corrected chi connectivity index (χ0v) is 23.8. The van der Waals surface area contributed by atoms with Gasteiger partial charge in [-0.1, -0.05) is 30.8 Å². The Balaban J connectivity index is 1.31. The Labute approximate surface area is 240 Å². The van der Waals surface area contributed by atoms with Gasteiger partial charge in [0.1, 0.15) is 18.1 Å². The summed E-state index contributed by atoms with van der Waals surface area (Å²) in [5.74, 6) is 0.850.